The highest BCUT2D eigenvalue weighted by atomic mass is 35.5. The smallest absolute Gasteiger partial charge is 0.138 e. The summed E-state index contributed by atoms with van der Waals surface area (Å²) in [5, 5.41) is 4.74. The summed E-state index contributed by atoms with van der Waals surface area (Å²) in [7, 11) is 0. The summed E-state index contributed by atoms with van der Waals surface area (Å²) in [5.41, 5.74) is 7.44. The molecular formula is C10H11ClN4. The highest BCUT2D eigenvalue weighted by Gasteiger charge is 2.02. The van der Waals surface area contributed by atoms with E-state index in [1.165, 1.54) is 6.33 Å². The van der Waals surface area contributed by atoms with E-state index in [1.807, 2.05) is 18.2 Å². The molecule has 0 saturated heterocycles. The Morgan fingerprint density at radius 2 is 2.27 bits per heavy atom. The molecule has 0 spiro atoms. The van der Waals surface area contributed by atoms with Crippen LogP contribution in [0.5, 0.6) is 0 Å². The van der Waals surface area contributed by atoms with Crippen molar-refractivity contribution in [3.63, 3.8) is 0 Å². The summed E-state index contributed by atoms with van der Waals surface area (Å²) >= 11 is 6.11. The van der Waals surface area contributed by atoms with Gasteiger partial charge in [-0.15, -0.1) is 0 Å². The van der Waals surface area contributed by atoms with Crippen LogP contribution in [0.15, 0.2) is 30.9 Å². The third kappa shape index (κ3) is 2.16. The average molecular weight is 223 g/mol. The van der Waals surface area contributed by atoms with Gasteiger partial charge in [-0.1, -0.05) is 17.7 Å². The van der Waals surface area contributed by atoms with E-state index in [0.717, 1.165) is 17.7 Å². The van der Waals surface area contributed by atoms with Gasteiger partial charge in [-0.3, -0.25) is 0 Å². The molecule has 0 atom stereocenters. The van der Waals surface area contributed by atoms with Crippen molar-refractivity contribution < 1.29 is 0 Å². The first-order valence-electron chi connectivity index (χ1n) is 4.65. The molecule has 0 bridgehead atoms. The van der Waals surface area contributed by atoms with Gasteiger partial charge in [0, 0.05) is 5.02 Å². The first kappa shape index (κ1) is 10.1. The topological polar surface area (TPSA) is 56.7 Å². The summed E-state index contributed by atoms with van der Waals surface area (Å²) in [4.78, 5) is 3.88. The highest BCUT2D eigenvalue weighted by Crippen LogP contribution is 2.19. The third-order valence-corrected chi connectivity index (χ3v) is 2.49. The highest BCUT2D eigenvalue weighted by molar-refractivity contribution is 6.31. The second kappa shape index (κ2) is 4.42. The Balaban J connectivity index is 2.33. The van der Waals surface area contributed by atoms with Gasteiger partial charge in [-0.2, -0.15) is 5.10 Å². The van der Waals surface area contributed by atoms with Crippen molar-refractivity contribution >= 4 is 11.6 Å². The van der Waals surface area contributed by atoms with Crippen molar-refractivity contribution in [2.24, 2.45) is 5.73 Å². The fourth-order valence-corrected chi connectivity index (χ4v) is 1.65. The zero-order chi connectivity index (χ0) is 10.7. The molecule has 1 aromatic carbocycles. The lowest BCUT2D eigenvalue weighted by atomic mass is 10.1. The second-order valence-electron chi connectivity index (χ2n) is 3.15. The van der Waals surface area contributed by atoms with Crippen LogP contribution in [0.2, 0.25) is 5.02 Å². The van der Waals surface area contributed by atoms with Crippen molar-refractivity contribution in [3.05, 3.63) is 41.4 Å². The van der Waals surface area contributed by atoms with E-state index in [0.29, 0.717) is 11.6 Å². The number of nitrogens with zero attached hydrogens (tertiary/aromatic N) is 3. The van der Waals surface area contributed by atoms with E-state index in [2.05, 4.69) is 10.1 Å². The van der Waals surface area contributed by atoms with E-state index >= 15 is 0 Å². The predicted molar refractivity (Wildman–Crippen MR) is 59.1 cm³/mol. The van der Waals surface area contributed by atoms with Crippen molar-refractivity contribution in [2.75, 3.05) is 6.54 Å². The lowest BCUT2D eigenvalue weighted by Gasteiger charge is -2.05. The maximum atomic E-state index is 6.11. The molecule has 2 N–H and O–H groups in total. The third-order valence-electron chi connectivity index (χ3n) is 2.13. The van der Waals surface area contributed by atoms with Crippen LogP contribution in [0.25, 0.3) is 5.69 Å². The Labute approximate surface area is 92.7 Å². The predicted octanol–water partition coefficient (Wildman–Crippen LogP) is 1.42. The fourth-order valence-electron chi connectivity index (χ4n) is 1.38. The Morgan fingerprint density at radius 3 is 2.87 bits per heavy atom. The molecule has 0 aliphatic carbocycles. The first-order chi connectivity index (χ1) is 7.31. The van der Waals surface area contributed by atoms with E-state index in [9.17, 15) is 0 Å². The van der Waals surface area contributed by atoms with Gasteiger partial charge in [-0.25, -0.2) is 9.67 Å². The minimum atomic E-state index is 0.600. The Kier molecular flexibility index (Phi) is 2.99. The van der Waals surface area contributed by atoms with Gasteiger partial charge in [0.2, 0.25) is 0 Å². The molecule has 0 amide bonds. The maximum absolute atomic E-state index is 6.11. The Hall–Kier alpha value is -1.39. The summed E-state index contributed by atoms with van der Waals surface area (Å²) in [6.45, 7) is 0.600. The van der Waals surface area contributed by atoms with E-state index < -0.39 is 0 Å². The van der Waals surface area contributed by atoms with Crippen LogP contribution in [0.1, 0.15) is 5.56 Å². The maximum Gasteiger partial charge on any atom is 0.138 e. The normalized spacial score (nSPS) is 10.5. The van der Waals surface area contributed by atoms with Crippen LogP contribution in [0, 0.1) is 0 Å². The molecule has 1 aromatic heterocycles. The Bertz CT molecular complexity index is 439. The van der Waals surface area contributed by atoms with Crippen molar-refractivity contribution in [1.82, 2.24) is 14.8 Å². The molecule has 0 saturated carbocycles. The molecule has 15 heavy (non-hydrogen) atoms. The second-order valence-corrected chi connectivity index (χ2v) is 3.56. The number of halogens is 1. The van der Waals surface area contributed by atoms with Crippen molar-refractivity contribution in [3.8, 4) is 5.69 Å². The zero-order valence-electron chi connectivity index (χ0n) is 8.10. The molecule has 1 heterocycles. The van der Waals surface area contributed by atoms with E-state index in [4.69, 9.17) is 17.3 Å². The van der Waals surface area contributed by atoms with Gasteiger partial charge >= 0.3 is 0 Å². The monoisotopic (exact) mass is 222 g/mol. The van der Waals surface area contributed by atoms with Gasteiger partial charge < -0.3 is 5.73 Å². The molecule has 5 heteroatoms. The van der Waals surface area contributed by atoms with Gasteiger partial charge in [0.15, 0.2) is 0 Å². The lowest BCUT2D eigenvalue weighted by Crippen LogP contribution is -2.03. The molecule has 0 radical (unpaired) electrons. The van der Waals surface area contributed by atoms with Gasteiger partial charge in [0.25, 0.3) is 0 Å². The molecular weight excluding hydrogens is 212 g/mol. The van der Waals surface area contributed by atoms with E-state index in [-0.39, 0.29) is 0 Å². The lowest BCUT2D eigenvalue weighted by molar-refractivity contribution is 0.876. The van der Waals surface area contributed by atoms with Crippen LogP contribution < -0.4 is 5.73 Å². The summed E-state index contributed by atoms with van der Waals surface area (Å²) in [6, 6.07) is 5.78. The van der Waals surface area contributed by atoms with Crippen LogP contribution in [0.4, 0.5) is 0 Å². The SMILES string of the molecule is NCCc1ccc(-n2cncn2)cc1Cl. The van der Waals surface area contributed by atoms with Crippen LogP contribution in [0.3, 0.4) is 0 Å². The number of aromatic nitrogens is 3. The van der Waals surface area contributed by atoms with Crippen LogP contribution in [-0.2, 0) is 6.42 Å². The summed E-state index contributed by atoms with van der Waals surface area (Å²) < 4.78 is 1.66. The van der Waals surface area contributed by atoms with Gasteiger partial charge in [0.1, 0.15) is 12.7 Å². The molecule has 0 aliphatic heterocycles. The zero-order valence-corrected chi connectivity index (χ0v) is 8.85. The fraction of sp³-hybridized carbons (Fsp3) is 0.200. The number of nitrogens with two attached hydrogens (primary N) is 1. The number of hydrogen-bond donors (Lipinski definition) is 1. The summed E-state index contributed by atoms with van der Waals surface area (Å²) in [5.74, 6) is 0. The largest absolute Gasteiger partial charge is 0.330 e. The molecule has 0 fully saturated rings. The van der Waals surface area contributed by atoms with Gasteiger partial charge in [-0.05, 0) is 30.7 Å². The Morgan fingerprint density at radius 1 is 1.40 bits per heavy atom. The molecule has 78 valence electrons. The number of hydrogen-bond acceptors (Lipinski definition) is 3. The minimum absolute atomic E-state index is 0.600. The standard InChI is InChI=1S/C10H11ClN4/c11-10-5-9(15-7-13-6-14-15)2-1-8(10)3-4-12/h1-2,5-7H,3-4,12H2. The van der Waals surface area contributed by atoms with Crippen LogP contribution >= 0.6 is 11.6 Å². The number of benzene rings is 1. The van der Waals surface area contributed by atoms with Gasteiger partial charge in [0.05, 0.1) is 5.69 Å². The first-order valence-corrected chi connectivity index (χ1v) is 5.02. The van der Waals surface area contributed by atoms with Crippen LogP contribution in [-0.4, -0.2) is 21.3 Å². The molecule has 4 nitrogen and oxygen atoms in total. The number of rotatable bonds is 3. The van der Waals surface area contributed by atoms with Crippen molar-refractivity contribution in [1.29, 1.82) is 0 Å². The molecule has 2 aromatic rings. The summed E-state index contributed by atoms with van der Waals surface area (Å²) in [6.07, 6.45) is 3.91. The average Bonchev–Trinajstić information content (AvgIpc) is 2.74. The van der Waals surface area contributed by atoms with E-state index in [1.54, 1.807) is 11.0 Å². The molecule has 0 aliphatic rings. The molecule has 0 unspecified atom stereocenters. The minimum Gasteiger partial charge on any atom is -0.330 e. The quantitative estimate of drug-likeness (QED) is 0.855. The molecule has 2 rings (SSSR count). The van der Waals surface area contributed by atoms with Crippen molar-refractivity contribution in [2.45, 2.75) is 6.42 Å².